The van der Waals surface area contributed by atoms with Gasteiger partial charge in [-0.25, -0.2) is 4.79 Å². The molecule has 2 N–H and O–H groups in total. The van der Waals surface area contributed by atoms with E-state index in [9.17, 15) is 9.59 Å². The summed E-state index contributed by atoms with van der Waals surface area (Å²) in [7, 11) is 0. The van der Waals surface area contributed by atoms with Gasteiger partial charge in [-0.1, -0.05) is 18.2 Å². The number of fused-ring (bicyclic) bond motifs is 1. The molecule has 0 aliphatic carbocycles. The van der Waals surface area contributed by atoms with Crippen LogP contribution in [0, 0.1) is 0 Å². The minimum Gasteiger partial charge on any atom is -0.477 e. The highest BCUT2D eigenvalue weighted by Gasteiger charge is 2.15. The van der Waals surface area contributed by atoms with Crippen molar-refractivity contribution in [1.29, 1.82) is 0 Å². The summed E-state index contributed by atoms with van der Waals surface area (Å²) in [4.78, 5) is 30.4. The van der Waals surface area contributed by atoms with Crippen LogP contribution >= 0.6 is 0 Å². The van der Waals surface area contributed by atoms with Gasteiger partial charge in [0, 0.05) is 29.2 Å². The third-order valence-corrected chi connectivity index (χ3v) is 3.74. The van der Waals surface area contributed by atoms with Crippen LogP contribution in [-0.2, 0) is 0 Å². The number of allylic oxidation sites excluding steroid dienone is 1. The molecule has 0 bridgehead atoms. The predicted octanol–water partition coefficient (Wildman–Crippen LogP) is 2.94. The monoisotopic (exact) mass is 306 g/mol. The van der Waals surface area contributed by atoms with Crippen molar-refractivity contribution in [2.24, 2.45) is 0 Å². The molecule has 3 rings (SSSR count). The summed E-state index contributed by atoms with van der Waals surface area (Å²) in [6.07, 6.45) is 4.72. The number of aromatic nitrogens is 2. The number of aromatic carboxylic acids is 1. The van der Waals surface area contributed by atoms with Gasteiger partial charge in [0.05, 0.1) is 5.69 Å². The minimum atomic E-state index is -1.24. The van der Waals surface area contributed by atoms with Gasteiger partial charge < -0.3 is 10.1 Å². The lowest BCUT2D eigenvalue weighted by Gasteiger charge is -2.13. The number of pyridine rings is 2. The van der Waals surface area contributed by atoms with E-state index in [-0.39, 0.29) is 11.5 Å². The molecule has 0 saturated heterocycles. The molecule has 0 spiro atoms. The van der Waals surface area contributed by atoms with Gasteiger partial charge >= 0.3 is 5.97 Å². The summed E-state index contributed by atoms with van der Waals surface area (Å²) < 4.78 is 0. The van der Waals surface area contributed by atoms with Crippen molar-refractivity contribution in [3.05, 3.63) is 88.5 Å². The first-order valence-electron chi connectivity index (χ1n) is 7.04. The zero-order valence-electron chi connectivity index (χ0n) is 12.2. The molecule has 2 heterocycles. The normalized spacial score (nSPS) is 12.0. The van der Waals surface area contributed by atoms with Crippen LogP contribution in [0.5, 0.6) is 0 Å². The van der Waals surface area contributed by atoms with Gasteiger partial charge in [-0.3, -0.25) is 9.78 Å². The molecule has 0 saturated carbocycles. The molecule has 0 amide bonds. The van der Waals surface area contributed by atoms with Crippen LogP contribution in [-0.4, -0.2) is 21.0 Å². The van der Waals surface area contributed by atoms with E-state index in [1.54, 1.807) is 24.4 Å². The Hall–Kier alpha value is -3.21. The Morgan fingerprint density at radius 3 is 2.78 bits per heavy atom. The lowest BCUT2D eigenvalue weighted by molar-refractivity contribution is 0.0695. The Morgan fingerprint density at radius 2 is 2.13 bits per heavy atom. The zero-order valence-corrected chi connectivity index (χ0v) is 12.2. The average molecular weight is 306 g/mol. The molecule has 2 aromatic heterocycles. The fourth-order valence-corrected chi connectivity index (χ4v) is 2.58. The number of carbonyl (C=O) groups is 1. The van der Waals surface area contributed by atoms with E-state index in [4.69, 9.17) is 5.11 Å². The second-order valence-corrected chi connectivity index (χ2v) is 5.11. The molecule has 5 heteroatoms. The number of aromatic amines is 1. The fraction of sp³-hybridized carbons (Fsp3) is 0.0556. The van der Waals surface area contributed by atoms with Crippen molar-refractivity contribution in [2.45, 2.75) is 5.92 Å². The predicted molar refractivity (Wildman–Crippen MR) is 87.8 cm³/mol. The van der Waals surface area contributed by atoms with E-state index in [2.05, 4.69) is 16.5 Å². The number of hydrogen-bond donors (Lipinski definition) is 2. The number of rotatable bonds is 4. The largest absolute Gasteiger partial charge is 0.477 e. The first kappa shape index (κ1) is 14.7. The Kier molecular flexibility index (Phi) is 3.76. The second-order valence-electron chi connectivity index (χ2n) is 5.11. The quantitative estimate of drug-likeness (QED) is 0.726. The van der Waals surface area contributed by atoms with Crippen molar-refractivity contribution in [3.8, 4) is 0 Å². The average Bonchev–Trinajstić information content (AvgIpc) is 2.56. The first-order chi connectivity index (χ1) is 11.1. The topological polar surface area (TPSA) is 83.0 Å². The Labute approximate surface area is 131 Å². The molecule has 0 aliphatic heterocycles. The molecule has 1 aromatic carbocycles. The summed E-state index contributed by atoms with van der Waals surface area (Å²) in [5.41, 5.74) is 1.59. The number of carboxylic acids is 1. The third-order valence-electron chi connectivity index (χ3n) is 3.74. The highest BCUT2D eigenvalue weighted by Crippen LogP contribution is 2.25. The number of carboxylic acid groups (broad SMARTS) is 1. The number of H-pyrrole nitrogens is 1. The van der Waals surface area contributed by atoms with E-state index in [1.165, 1.54) is 6.20 Å². The van der Waals surface area contributed by atoms with Crippen LogP contribution in [0.25, 0.3) is 10.9 Å². The van der Waals surface area contributed by atoms with Crippen molar-refractivity contribution in [2.75, 3.05) is 0 Å². The smallest absolute Gasteiger partial charge is 0.341 e. The fourth-order valence-electron chi connectivity index (χ4n) is 2.58. The zero-order chi connectivity index (χ0) is 16.4. The Bertz CT molecular complexity index is 945. The van der Waals surface area contributed by atoms with Crippen LogP contribution in [0.4, 0.5) is 0 Å². The third kappa shape index (κ3) is 2.64. The molecule has 1 unspecified atom stereocenters. The number of hydrogen-bond acceptors (Lipinski definition) is 3. The van der Waals surface area contributed by atoms with E-state index in [0.29, 0.717) is 10.9 Å². The maximum Gasteiger partial charge on any atom is 0.341 e. The molecule has 0 aliphatic rings. The van der Waals surface area contributed by atoms with E-state index in [1.807, 2.05) is 24.3 Å². The van der Waals surface area contributed by atoms with Crippen LogP contribution in [0.2, 0.25) is 0 Å². The van der Waals surface area contributed by atoms with Gasteiger partial charge in [0.25, 0.3) is 0 Å². The molecule has 3 aromatic rings. The van der Waals surface area contributed by atoms with Crippen LogP contribution < -0.4 is 5.43 Å². The van der Waals surface area contributed by atoms with Crippen LogP contribution in [0.15, 0.2) is 66.2 Å². The minimum absolute atomic E-state index is 0.108. The van der Waals surface area contributed by atoms with Crippen LogP contribution in [0.3, 0.4) is 0 Å². The van der Waals surface area contributed by atoms with Gasteiger partial charge in [-0.2, -0.15) is 0 Å². The number of nitrogens with zero attached hydrogens (tertiary/aromatic N) is 1. The SMILES string of the molecule is C=CC(c1ccc2c(=O)c(C(=O)O)c[nH]c2c1)c1ccccn1. The van der Waals surface area contributed by atoms with E-state index in [0.717, 1.165) is 11.3 Å². The van der Waals surface area contributed by atoms with Gasteiger partial charge in [-0.05, 0) is 29.8 Å². The summed E-state index contributed by atoms with van der Waals surface area (Å²) in [5.74, 6) is -1.35. The summed E-state index contributed by atoms with van der Waals surface area (Å²) >= 11 is 0. The Morgan fingerprint density at radius 1 is 1.30 bits per heavy atom. The number of nitrogens with one attached hydrogen (secondary N) is 1. The molecule has 0 fully saturated rings. The molecular weight excluding hydrogens is 292 g/mol. The second kappa shape index (κ2) is 5.88. The molecule has 114 valence electrons. The lowest BCUT2D eigenvalue weighted by atomic mass is 9.94. The Balaban J connectivity index is 2.14. The summed E-state index contributed by atoms with van der Waals surface area (Å²) in [6, 6.07) is 10.9. The maximum atomic E-state index is 12.2. The van der Waals surface area contributed by atoms with Gasteiger partial charge in [0.15, 0.2) is 0 Å². The van der Waals surface area contributed by atoms with Crippen molar-refractivity contribution < 1.29 is 9.90 Å². The van der Waals surface area contributed by atoms with Crippen molar-refractivity contribution in [3.63, 3.8) is 0 Å². The maximum absolute atomic E-state index is 12.2. The standard InChI is InChI=1S/C18H14N2O3/c1-2-12(15-5-3-4-8-19-15)11-6-7-13-16(9-11)20-10-14(17(13)21)18(22)23/h2-10,12H,1H2,(H,20,21)(H,22,23). The van der Waals surface area contributed by atoms with E-state index < -0.39 is 11.4 Å². The lowest BCUT2D eigenvalue weighted by Crippen LogP contribution is -2.15. The van der Waals surface area contributed by atoms with Gasteiger partial charge in [0.2, 0.25) is 5.43 Å². The number of benzene rings is 1. The molecular formula is C18H14N2O3. The summed E-state index contributed by atoms with van der Waals surface area (Å²) in [5, 5.41) is 9.36. The van der Waals surface area contributed by atoms with E-state index >= 15 is 0 Å². The highest BCUT2D eigenvalue weighted by molar-refractivity contribution is 5.92. The van der Waals surface area contributed by atoms with Crippen molar-refractivity contribution >= 4 is 16.9 Å². The molecule has 1 atom stereocenters. The van der Waals surface area contributed by atoms with Gasteiger partial charge in [0.1, 0.15) is 5.56 Å². The molecule has 23 heavy (non-hydrogen) atoms. The highest BCUT2D eigenvalue weighted by atomic mass is 16.4. The van der Waals surface area contributed by atoms with Crippen molar-refractivity contribution in [1.82, 2.24) is 9.97 Å². The first-order valence-corrected chi connectivity index (χ1v) is 7.04. The molecule has 0 radical (unpaired) electrons. The van der Waals surface area contributed by atoms with Gasteiger partial charge in [-0.15, -0.1) is 6.58 Å². The van der Waals surface area contributed by atoms with Crippen LogP contribution in [0.1, 0.15) is 27.5 Å². The summed E-state index contributed by atoms with van der Waals surface area (Å²) in [6.45, 7) is 3.86. The molecule has 5 nitrogen and oxygen atoms in total.